The van der Waals surface area contributed by atoms with Gasteiger partial charge in [-0.25, -0.2) is 4.79 Å². The predicted molar refractivity (Wildman–Crippen MR) is 68.9 cm³/mol. The van der Waals surface area contributed by atoms with Gasteiger partial charge in [0.25, 0.3) is 0 Å². The second-order valence-electron chi connectivity index (χ2n) is 5.55. The van der Waals surface area contributed by atoms with Gasteiger partial charge in [0.05, 0.1) is 6.42 Å². The lowest BCUT2D eigenvalue weighted by molar-refractivity contribution is -0.119. The number of hydrogen-bond donors (Lipinski definition) is 1. The van der Waals surface area contributed by atoms with Crippen molar-refractivity contribution in [3.63, 3.8) is 0 Å². The van der Waals surface area contributed by atoms with Crippen LogP contribution in [0.15, 0.2) is 0 Å². The van der Waals surface area contributed by atoms with Gasteiger partial charge >= 0.3 is 6.09 Å². The quantitative estimate of drug-likeness (QED) is 0.779. The van der Waals surface area contributed by atoms with E-state index in [0.29, 0.717) is 13.0 Å². The Kier molecular flexibility index (Phi) is 4.77. The number of nitrogens with one attached hydrogen (secondary N) is 1. The molecule has 0 spiro atoms. The SMILES string of the molecule is CC#CCC(=O)[C@H]1C[C@H]1CNC(=O)OC(C)(C)C. The van der Waals surface area contributed by atoms with Crippen LogP contribution in [-0.4, -0.2) is 24.0 Å². The number of ether oxygens (including phenoxy) is 1. The molecule has 1 N–H and O–H groups in total. The predicted octanol–water partition coefficient (Wildman–Crippen LogP) is 2.13. The summed E-state index contributed by atoms with van der Waals surface area (Å²) in [6, 6.07) is 0. The molecule has 0 unspecified atom stereocenters. The zero-order valence-electron chi connectivity index (χ0n) is 11.5. The summed E-state index contributed by atoms with van der Waals surface area (Å²) in [6.45, 7) is 7.69. The summed E-state index contributed by atoms with van der Waals surface area (Å²) in [5, 5.41) is 2.69. The molecule has 0 aliphatic heterocycles. The molecule has 2 atom stereocenters. The van der Waals surface area contributed by atoms with Crippen LogP contribution in [0.1, 0.15) is 40.5 Å². The van der Waals surface area contributed by atoms with Crippen molar-refractivity contribution in [1.29, 1.82) is 0 Å². The van der Waals surface area contributed by atoms with E-state index in [4.69, 9.17) is 4.74 Å². The molecule has 1 saturated carbocycles. The molecule has 0 heterocycles. The Hall–Kier alpha value is -1.50. The van der Waals surface area contributed by atoms with Crippen molar-refractivity contribution in [2.75, 3.05) is 6.54 Å². The summed E-state index contributed by atoms with van der Waals surface area (Å²) < 4.78 is 5.12. The summed E-state index contributed by atoms with van der Waals surface area (Å²) in [5.41, 5.74) is -0.487. The van der Waals surface area contributed by atoms with Gasteiger partial charge in [-0.05, 0) is 40.0 Å². The minimum atomic E-state index is -0.487. The van der Waals surface area contributed by atoms with Gasteiger partial charge in [-0.1, -0.05) is 5.92 Å². The number of hydrogen-bond acceptors (Lipinski definition) is 3. The molecule has 1 aliphatic rings. The topological polar surface area (TPSA) is 55.4 Å². The summed E-state index contributed by atoms with van der Waals surface area (Å²) in [5.74, 6) is 5.99. The lowest BCUT2D eigenvalue weighted by Crippen LogP contribution is -2.33. The molecule has 18 heavy (non-hydrogen) atoms. The van der Waals surface area contributed by atoms with Gasteiger partial charge in [-0.3, -0.25) is 4.79 Å². The van der Waals surface area contributed by atoms with Gasteiger partial charge in [0.15, 0.2) is 0 Å². The maximum atomic E-state index is 11.6. The number of amides is 1. The van der Waals surface area contributed by atoms with E-state index < -0.39 is 11.7 Å². The molecule has 4 nitrogen and oxygen atoms in total. The number of carbonyl (C=O) groups is 2. The molecule has 0 aromatic heterocycles. The van der Waals surface area contributed by atoms with E-state index >= 15 is 0 Å². The first kappa shape index (κ1) is 14.6. The van der Waals surface area contributed by atoms with Crippen molar-refractivity contribution in [2.24, 2.45) is 11.8 Å². The Morgan fingerprint density at radius 1 is 1.39 bits per heavy atom. The minimum Gasteiger partial charge on any atom is -0.444 e. The molecular weight excluding hydrogens is 230 g/mol. The third kappa shape index (κ3) is 5.22. The molecule has 1 amide bonds. The zero-order valence-corrected chi connectivity index (χ0v) is 11.5. The molecule has 0 aromatic rings. The second-order valence-corrected chi connectivity index (χ2v) is 5.55. The van der Waals surface area contributed by atoms with Crippen molar-refractivity contribution in [1.82, 2.24) is 5.32 Å². The van der Waals surface area contributed by atoms with Crippen LogP contribution in [-0.2, 0) is 9.53 Å². The van der Waals surface area contributed by atoms with Crippen LogP contribution < -0.4 is 5.32 Å². The number of ketones is 1. The van der Waals surface area contributed by atoms with E-state index in [1.165, 1.54) is 0 Å². The molecule has 0 radical (unpaired) electrons. The van der Waals surface area contributed by atoms with Crippen LogP contribution in [0.3, 0.4) is 0 Å². The minimum absolute atomic E-state index is 0.0702. The van der Waals surface area contributed by atoms with Crippen molar-refractivity contribution >= 4 is 11.9 Å². The molecule has 1 aliphatic carbocycles. The van der Waals surface area contributed by atoms with Crippen molar-refractivity contribution in [3.05, 3.63) is 0 Å². The Morgan fingerprint density at radius 2 is 2.06 bits per heavy atom. The van der Waals surface area contributed by atoms with E-state index in [0.717, 1.165) is 6.42 Å². The third-order valence-corrected chi connectivity index (χ3v) is 2.68. The highest BCUT2D eigenvalue weighted by molar-refractivity contribution is 5.85. The molecule has 0 aromatic carbocycles. The Balaban J connectivity index is 2.21. The fourth-order valence-electron chi connectivity index (χ4n) is 1.70. The lowest BCUT2D eigenvalue weighted by Gasteiger charge is -2.19. The average Bonchev–Trinajstić information content (AvgIpc) is 3.00. The lowest BCUT2D eigenvalue weighted by atomic mass is 10.1. The van der Waals surface area contributed by atoms with Crippen LogP contribution in [0.4, 0.5) is 4.79 Å². The Morgan fingerprint density at radius 3 is 2.61 bits per heavy atom. The van der Waals surface area contributed by atoms with E-state index in [-0.39, 0.29) is 17.6 Å². The van der Waals surface area contributed by atoms with Crippen LogP contribution in [0, 0.1) is 23.7 Å². The highest BCUT2D eigenvalue weighted by Crippen LogP contribution is 2.39. The van der Waals surface area contributed by atoms with Gasteiger partial charge in [-0.15, -0.1) is 5.92 Å². The third-order valence-electron chi connectivity index (χ3n) is 2.68. The van der Waals surface area contributed by atoms with E-state index in [2.05, 4.69) is 17.2 Å². The fraction of sp³-hybridized carbons (Fsp3) is 0.714. The highest BCUT2D eigenvalue weighted by atomic mass is 16.6. The zero-order chi connectivity index (χ0) is 13.8. The van der Waals surface area contributed by atoms with Crippen LogP contribution in [0.5, 0.6) is 0 Å². The number of alkyl carbamates (subject to hydrolysis) is 1. The summed E-state index contributed by atoms with van der Waals surface area (Å²) in [7, 11) is 0. The molecule has 4 heteroatoms. The summed E-state index contributed by atoms with van der Waals surface area (Å²) in [4.78, 5) is 23.0. The second kappa shape index (κ2) is 5.90. The maximum absolute atomic E-state index is 11.6. The van der Waals surface area contributed by atoms with Crippen molar-refractivity contribution in [3.8, 4) is 11.8 Å². The van der Waals surface area contributed by atoms with Crippen LogP contribution in [0.2, 0.25) is 0 Å². The molecule has 100 valence electrons. The smallest absolute Gasteiger partial charge is 0.407 e. The van der Waals surface area contributed by atoms with Crippen molar-refractivity contribution in [2.45, 2.75) is 46.1 Å². The van der Waals surface area contributed by atoms with Gasteiger partial charge in [-0.2, -0.15) is 0 Å². The van der Waals surface area contributed by atoms with Crippen LogP contribution in [0.25, 0.3) is 0 Å². The van der Waals surface area contributed by atoms with Gasteiger partial charge in [0, 0.05) is 12.5 Å². The monoisotopic (exact) mass is 251 g/mol. The van der Waals surface area contributed by atoms with E-state index in [1.807, 2.05) is 20.8 Å². The normalized spacial score (nSPS) is 21.6. The van der Waals surface area contributed by atoms with E-state index in [1.54, 1.807) is 6.92 Å². The standard InChI is InChI=1S/C14H21NO3/c1-5-6-7-12(16)11-8-10(11)9-15-13(17)18-14(2,3)4/h10-11H,7-9H2,1-4H3,(H,15,17)/t10-,11-/m0/s1. The molecule has 1 rings (SSSR count). The van der Waals surface area contributed by atoms with Gasteiger partial charge in [0.1, 0.15) is 11.4 Å². The highest BCUT2D eigenvalue weighted by Gasteiger charge is 2.42. The van der Waals surface area contributed by atoms with E-state index in [9.17, 15) is 9.59 Å². The van der Waals surface area contributed by atoms with Crippen molar-refractivity contribution < 1.29 is 14.3 Å². The number of rotatable bonds is 4. The first-order chi connectivity index (χ1) is 8.33. The molecule has 1 fully saturated rings. The average molecular weight is 251 g/mol. The largest absolute Gasteiger partial charge is 0.444 e. The maximum Gasteiger partial charge on any atom is 0.407 e. The number of carbonyl (C=O) groups excluding carboxylic acids is 2. The summed E-state index contributed by atoms with van der Waals surface area (Å²) in [6.07, 6.45) is 0.748. The summed E-state index contributed by atoms with van der Waals surface area (Å²) >= 11 is 0. The van der Waals surface area contributed by atoms with Gasteiger partial charge < -0.3 is 10.1 Å². The van der Waals surface area contributed by atoms with Crippen LogP contribution >= 0.6 is 0 Å². The first-order valence-electron chi connectivity index (χ1n) is 6.22. The number of Topliss-reactive ketones (excluding diaryl/α,β-unsaturated/α-hetero) is 1. The van der Waals surface area contributed by atoms with Gasteiger partial charge in [0.2, 0.25) is 0 Å². The molecule has 0 bridgehead atoms. The molecule has 0 saturated heterocycles. The first-order valence-corrected chi connectivity index (χ1v) is 6.22. The molecular formula is C14H21NO3. The Labute approximate surface area is 108 Å². The fourth-order valence-corrected chi connectivity index (χ4v) is 1.70. The Bertz CT molecular complexity index is 384.